The molecular formula is C14H12O2S. The van der Waals surface area contributed by atoms with Crippen molar-refractivity contribution in [1.82, 2.24) is 0 Å². The van der Waals surface area contributed by atoms with Crippen molar-refractivity contribution in [3.8, 4) is 11.8 Å². The molecule has 0 bridgehead atoms. The molecule has 2 aromatic rings. The molecule has 2 nitrogen and oxygen atoms in total. The van der Waals surface area contributed by atoms with Gasteiger partial charge in [-0.25, -0.2) is 0 Å². The molecule has 0 aliphatic carbocycles. The molecule has 17 heavy (non-hydrogen) atoms. The summed E-state index contributed by atoms with van der Waals surface area (Å²) >= 11 is 1.69. The van der Waals surface area contributed by atoms with Gasteiger partial charge in [0.15, 0.2) is 0 Å². The number of aliphatic hydroxyl groups is 1. The van der Waals surface area contributed by atoms with Gasteiger partial charge in [0.1, 0.15) is 6.10 Å². The maximum atomic E-state index is 9.73. The maximum absolute atomic E-state index is 9.73. The van der Waals surface area contributed by atoms with Gasteiger partial charge >= 0.3 is 0 Å². The van der Waals surface area contributed by atoms with Crippen LogP contribution in [-0.4, -0.2) is 11.4 Å². The van der Waals surface area contributed by atoms with E-state index >= 15 is 0 Å². The van der Waals surface area contributed by atoms with Crippen LogP contribution in [0.1, 0.15) is 17.2 Å². The molecule has 1 aromatic heterocycles. The average molecular weight is 244 g/mol. The molecule has 3 heteroatoms. The fourth-order valence-electron chi connectivity index (χ4n) is 1.34. The Kier molecular flexibility index (Phi) is 3.92. The van der Waals surface area contributed by atoms with E-state index in [4.69, 9.17) is 4.42 Å². The van der Waals surface area contributed by atoms with Gasteiger partial charge in [-0.1, -0.05) is 11.8 Å². The van der Waals surface area contributed by atoms with Gasteiger partial charge in [0.2, 0.25) is 0 Å². The highest BCUT2D eigenvalue weighted by Crippen LogP contribution is 2.15. The first-order valence-electron chi connectivity index (χ1n) is 5.15. The van der Waals surface area contributed by atoms with Crippen LogP contribution in [0, 0.1) is 11.8 Å². The van der Waals surface area contributed by atoms with Crippen LogP contribution < -0.4 is 0 Å². The van der Waals surface area contributed by atoms with Crippen molar-refractivity contribution in [3.63, 3.8) is 0 Å². The van der Waals surface area contributed by atoms with Crippen LogP contribution in [-0.2, 0) is 0 Å². The Bertz CT molecular complexity index is 518. The molecule has 0 fully saturated rings. The summed E-state index contributed by atoms with van der Waals surface area (Å²) in [7, 11) is 0. The first-order valence-corrected chi connectivity index (χ1v) is 6.38. The topological polar surface area (TPSA) is 33.4 Å². The summed E-state index contributed by atoms with van der Waals surface area (Å²) in [5.41, 5.74) is 1.57. The van der Waals surface area contributed by atoms with Crippen molar-refractivity contribution in [3.05, 3.63) is 54.0 Å². The number of rotatable bonds is 2. The van der Waals surface area contributed by atoms with Crippen LogP contribution in [0.15, 0.2) is 52.2 Å². The third-order valence-corrected chi connectivity index (χ3v) is 3.05. The normalized spacial score (nSPS) is 11.6. The lowest BCUT2D eigenvalue weighted by molar-refractivity contribution is 0.237. The summed E-state index contributed by atoms with van der Waals surface area (Å²) in [4.78, 5) is 1.20. The van der Waals surface area contributed by atoms with E-state index in [2.05, 4.69) is 11.8 Å². The molecule has 1 unspecified atom stereocenters. The second kappa shape index (κ2) is 5.62. The number of aliphatic hydroxyl groups excluding tert-OH is 1. The molecule has 2 rings (SSSR count). The van der Waals surface area contributed by atoms with Gasteiger partial charge in [-0.15, -0.1) is 11.8 Å². The van der Waals surface area contributed by atoms with Crippen molar-refractivity contribution in [2.75, 3.05) is 6.26 Å². The highest BCUT2D eigenvalue weighted by atomic mass is 32.2. The predicted octanol–water partition coefficient (Wildman–Crippen LogP) is 3.09. The van der Waals surface area contributed by atoms with Crippen LogP contribution in [0.5, 0.6) is 0 Å². The third kappa shape index (κ3) is 3.16. The van der Waals surface area contributed by atoms with Gasteiger partial charge in [-0.2, -0.15) is 0 Å². The van der Waals surface area contributed by atoms with E-state index in [1.165, 1.54) is 17.4 Å². The number of hydrogen-bond acceptors (Lipinski definition) is 3. The molecule has 0 amide bonds. The molecule has 86 valence electrons. The van der Waals surface area contributed by atoms with Crippen molar-refractivity contribution in [2.24, 2.45) is 0 Å². The summed E-state index contributed by atoms with van der Waals surface area (Å²) in [5.74, 6) is 5.71. The SMILES string of the molecule is CSc1ccc(C#CC(O)c2ccoc2)cc1. The molecular weight excluding hydrogens is 232 g/mol. The fourth-order valence-corrected chi connectivity index (χ4v) is 1.75. The number of hydrogen-bond donors (Lipinski definition) is 1. The third-order valence-electron chi connectivity index (χ3n) is 2.30. The van der Waals surface area contributed by atoms with Crippen molar-refractivity contribution in [1.29, 1.82) is 0 Å². The Morgan fingerprint density at radius 3 is 2.59 bits per heavy atom. The Morgan fingerprint density at radius 1 is 1.24 bits per heavy atom. The number of furan rings is 1. The summed E-state index contributed by atoms with van der Waals surface area (Å²) in [6.45, 7) is 0. The smallest absolute Gasteiger partial charge is 0.143 e. The van der Waals surface area contributed by atoms with Gasteiger partial charge in [0, 0.05) is 16.0 Å². The monoisotopic (exact) mass is 244 g/mol. The van der Waals surface area contributed by atoms with Crippen molar-refractivity contribution in [2.45, 2.75) is 11.0 Å². The number of thioether (sulfide) groups is 1. The summed E-state index contributed by atoms with van der Waals surface area (Å²) in [6.07, 6.45) is 4.25. The van der Waals surface area contributed by atoms with E-state index in [0.29, 0.717) is 5.56 Å². The summed E-state index contributed by atoms with van der Waals surface area (Å²) in [6, 6.07) is 9.62. The number of benzene rings is 1. The van der Waals surface area contributed by atoms with Crippen LogP contribution >= 0.6 is 11.8 Å². The van der Waals surface area contributed by atoms with E-state index in [9.17, 15) is 5.11 Å². The minimum Gasteiger partial charge on any atom is -0.472 e. The second-order valence-corrected chi connectivity index (χ2v) is 4.34. The van der Waals surface area contributed by atoms with E-state index in [0.717, 1.165) is 5.56 Å². The molecule has 1 atom stereocenters. The Hall–Kier alpha value is -1.63. The Morgan fingerprint density at radius 2 is 2.00 bits per heavy atom. The Labute approximate surface area is 105 Å². The first-order chi connectivity index (χ1) is 8.29. The van der Waals surface area contributed by atoms with E-state index in [1.807, 2.05) is 30.5 Å². The zero-order valence-corrected chi connectivity index (χ0v) is 10.2. The maximum Gasteiger partial charge on any atom is 0.143 e. The lowest BCUT2D eigenvalue weighted by atomic mass is 10.1. The van der Waals surface area contributed by atoms with Gasteiger partial charge in [-0.05, 0) is 36.6 Å². The molecule has 0 aliphatic rings. The van der Waals surface area contributed by atoms with Gasteiger partial charge in [0.05, 0.1) is 12.5 Å². The Balaban J connectivity index is 2.10. The van der Waals surface area contributed by atoms with Gasteiger partial charge in [0.25, 0.3) is 0 Å². The lowest BCUT2D eigenvalue weighted by Gasteiger charge is -1.97. The molecule has 0 saturated carbocycles. The standard InChI is InChI=1S/C14H12O2S/c1-17-13-5-2-11(3-6-13)4-7-14(15)12-8-9-16-10-12/h2-3,5-6,8-10,14-15H,1H3. The molecule has 1 heterocycles. The minimum atomic E-state index is -0.797. The highest BCUT2D eigenvalue weighted by molar-refractivity contribution is 7.98. The van der Waals surface area contributed by atoms with Crippen LogP contribution in [0.3, 0.4) is 0 Å². The quantitative estimate of drug-likeness (QED) is 0.651. The molecule has 0 spiro atoms. The van der Waals surface area contributed by atoms with E-state index in [1.54, 1.807) is 17.8 Å². The van der Waals surface area contributed by atoms with Gasteiger partial charge < -0.3 is 9.52 Å². The van der Waals surface area contributed by atoms with Crippen LogP contribution in [0.25, 0.3) is 0 Å². The minimum absolute atomic E-state index is 0.679. The zero-order valence-electron chi connectivity index (χ0n) is 9.38. The largest absolute Gasteiger partial charge is 0.472 e. The van der Waals surface area contributed by atoms with E-state index < -0.39 is 6.10 Å². The van der Waals surface area contributed by atoms with E-state index in [-0.39, 0.29) is 0 Å². The molecule has 1 N–H and O–H groups in total. The molecule has 0 aliphatic heterocycles. The first kappa shape index (κ1) is 11.8. The lowest BCUT2D eigenvalue weighted by Crippen LogP contribution is -1.90. The average Bonchev–Trinajstić information content (AvgIpc) is 2.90. The second-order valence-electron chi connectivity index (χ2n) is 3.46. The van der Waals surface area contributed by atoms with Gasteiger partial charge in [-0.3, -0.25) is 0 Å². The van der Waals surface area contributed by atoms with Crippen LogP contribution in [0.2, 0.25) is 0 Å². The fraction of sp³-hybridized carbons (Fsp3) is 0.143. The predicted molar refractivity (Wildman–Crippen MR) is 68.8 cm³/mol. The molecule has 0 saturated heterocycles. The van der Waals surface area contributed by atoms with Crippen molar-refractivity contribution >= 4 is 11.8 Å². The molecule has 1 aromatic carbocycles. The van der Waals surface area contributed by atoms with Crippen molar-refractivity contribution < 1.29 is 9.52 Å². The highest BCUT2D eigenvalue weighted by Gasteiger charge is 2.03. The van der Waals surface area contributed by atoms with Crippen LogP contribution in [0.4, 0.5) is 0 Å². The summed E-state index contributed by atoms with van der Waals surface area (Å²) in [5, 5.41) is 9.73. The molecule has 0 radical (unpaired) electrons. The zero-order chi connectivity index (χ0) is 12.1. The summed E-state index contributed by atoms with van der Waals surface area (Å²) < 4.78 is 4.89.